The van der Waals surface area contributed by atoms with E-state index in [4.69, 9.17) is 14.0 Å². The van der Waals surface area contributed by atoms with Gasteiger partial charge in [0.05, 0.1) is 5.60 Å². The van der Waals surface area contributed by atoms with E-state index in [1.807, 2.05) is 0 Å². The van der Waals surface area contributed by atoms with Gasteiger partial charge in [-0.25, -0.2) is 0 Å². The maximum absolute atomic E-state index is 7.03. The lowest BCUT2D eigenvalue weighted by molar-refractivity contribution is -0.133. The molecule has 7 heteroatoms. The summed E-state index contributed by atoms with van der Waals surface area (Å²) in [5, 5.41) is 5.24. The fourth-order valence-corrected chi connectivity index (χ4v) is 13.5. The monoisotopic (exact) mass is 560 g/mol. The highest BCUT2D eigenvalue weighted by atomic mass is 28.4. The van der Waals surface area contributed by atoms with E-state index < -0.39 is 24.9 Å². The molecule has 0 radical (unpaired) electrons. The van der Waals surface area contributed by atoms with Gasteiger partial charge >= 0.3 is 0 Å². The zero-order valence-corrected chi connectivity index (χ0v) is 29.2. The number of nitrogens with zero attached hydrogens (tertiary/aromatic N) is 2. The average Bonchev–Trinajstić information content (AvgIpc) is 3.17. The van der Waals surface area contributed by atoms with E-state index in [0.717, 1.165) is 29.6 Å². The minimum absolute atomic E-state index is 0.0570. The molecule has 0 spiro atoms. The van der Waals surface area contributed by atoms with Crippen molar-refractivity contribution in [1.82, 2.24) is 9.45 Å². The Balaban J connectivity index is 1.49. The van der Waals surface area contributed by atoms with Gasteiger partial charge in [-0.3, -0.25) is 4.35 Å². The molecule has 0 bridgehead atoms. The summed E-state index contributed by atoms with van der Waals surface area (Å²) >= 11 is 0. The smallest absolute Gasteiger partial charge is 0.244 e. The van der Waals surface area contributed by atoms with Gasteiger partial charge in [0.2, 0.25) is 14.2 Å². The van der Waals surface area contributed by atoms with E-state index in [0.29, 0.717) is 10.8 Å². The summed E-state index contributed by atoms with van der Waals surface area (Å²) < 4.78 is 16.2. The molecule has 5 rings (SSSR count). The molecule has 1 heterocycles. The molecule has 3 saturated carbocycles. The minimum atomic E-state index is -1.74. The van der Waals surface area contributed by atoms with Crippen LogP contribution in [0.15, 0.2) is 0 Å². The molecule has 0 aromatic carbocycles. The van der Waals surface area contributed by atoms with Crippen LogP contribution in [0.25, 0.3) is 0 Å². The summed E-state index contributed by atoms with van der Waals surface area (Å²) in [5.41, 5.74) is 3.76. The van der Waals surface area contributed by atoms with Crippen molar-refractivity contribution in [1.29, 1.82) is 0 Å². The van der Waals surface area contributed by atoms with Crippen LogP contribution in [0.3, 0.4) is 0 Å². The third kappa shape index (κ3) is 4.59. The van der Waals surface area contributed by atoms with Crippen molar-refractivity contribution in [3.05, 3.63) is 11.3 Å². The van der Waals surface area contributed by atoms with Gasteiger partial charge in [0.1, 0.15) is 0 Å². The molecule has 0 N–H and O–H groups in total. The van der Waals surface area contributed by atoms with Crippen molar-refractivity contribution in [2.24, 2.45) is 34.5 Å². The van der Waals surface area contributed by atoms with Crippen molar-refractivity contribution < 1.29 is 8.85 Å². The number of rotatable bonds is 5. The zero-order valence-electron chi connectivity index (χ0n) is 26.2. The molecule has 3 fully saturated rings. The molecule has 0 saturated heterocycles. The Morgan fingerprint density at radius 3 is 2.05 bits per heavy atom. The molecule has 4 aliphatic rings. The molecule has 4 aliphatic carbocycles. The lowest BCUT2D eigenvalue weighted by Gasteiger charge is -2.61. The first kappa shape index (κ1) is 28.2. The Hall–Kier alpha value is -0.379. The topological polar surface area (TPSA) is 36.3 Å². The highest BCUT2D eigenvalue weighted by Gasteiger charge is 2.64. The van der Waals surface area contributed by atoms with Gasteiger partial charge in [0.15, 0.2) is 16.6 Å². The molecule has 0 amide bonds. The fraction of sp³-hybridized carbons (Fsp3) is 0.900. The second kappa shape index (κ2) is 8.56. The van der Waals surface area contributed by atoms with E-state index in [1.165, 1.54) is 62.6 Å². The van der Waals surface area contributed by atoms with Crippen molar-refractivity contribution >= 4 is 24.9 Å². The fourth-order valence-electron chi connectivity index (χ4n) is 9.61. The Bertz CT molecular complexity index is 1050. The van der Waals surface area contributed by atoms with Crippen LogP contribution in [0, 0.1) is 34.5 Å². The minimum Gasteiger partial charge on any atom is -0.530 e. The quantitative estimate of drug-likeness (QED) is 0.340. The van der Waals surface area contributed by atoms with E-state index in [1.54, 1.807) is 0 Å². The number of aromatic nitrogens is 2. The predicted molar refractivity (Wildman–Crippen MR) is 163 cm³/mol. The van der Waals surface area contributed by atoms with Crippen LogP contribution in [-0.2, 0) is 17.3 Å². The zero-order chi connectivity index (χ0) is 27.4. The van der Waals surface area contributed by atoms with E-state index >= 15 is 0 Å². The largest absolute Gasteiger partial charge is 0.530 e. The molecule has 4 nitrogen and oxygen atoms in total. The maximum atomic E-state index is 7.03. The van der Waals surface area contributed by atoms with Crippen LogP contribution in [-0.4, -0.2) is 39.9 Å². The van der Waals surface area contributed by atoms with Gasteiger partial charge in [0.25, 0.3) is 0 Å². The summed E-state index contributed by atoms with van der Waals surface area (Å²) in [6.07, 6.45) is 10.5. The van der Waals surface area contributed by atoms with Gasteiger partial charge in [-0.2, -0.15) is 0 Å². The van der Waals surface area contributed by atoms with Crippen LogP contribution in [0.5, 0.6) is 5.88 Å². The highest BCUT2D eigenvalue weighted by molar-refractivity contribution is 6.74. The van der Waals surface area contributed by atoms with Crippen molar-refractivity contribution in [2.75, 3.05) is 0 Å². The second-order valence-electron chi connectivity index (χ2n) is 17.0. The number of hydrogen-bond donors (Lipinski definition) is 0. The van der Waals surface area contributed by atoms with E-state index in [2.05, 4.69) is 84.0 Å². The van der Waals surface area contributed by atoms with Gasteiger partial charge in [-0.1, -0.05) is 13.8 Å². The number of hydrogen-bond acceptors (Lipinski definition) is 3. The lowest BCUT2D eigenvalue weighted by atomic mass is 9.44. The first-order valence-electron chi connectivity index (χ1n) is 15.3. The highest BCUT2D eigenvalue weighted by Crippen LogP contribution is 2.69. The SMILES string of the molecule is CC12Cc3c(O[Si](C)(C)C)nn([Si](C)(C)C)c3CC1CCC1C2CCC2(C)C1CCC2(C)O[Si](C)(C)C. The summed E-state index contributed by atoms with van der Waals surface area (Å²) in [6, 6.07) is 0. The van der Waals surface area contributed by atoms with Gasteiger partial charge < -0.3 is 8.85 Å². The maximum Gasteiger partial charge on any atom is 0.244 e. The third-order valence-electron chi connectivity index (χ3n) is 11.2. The molecule has 37 heavy (non-hydrogen) atoms. The lowest BCUT2D eigenvalue weighted by Crippen LogP contribution is -2.58. The van der Waals surface area contributed by atoms with E-state index in [-0.39, 0.29) is 5.60 Å². The molecular weight excluding hydrogens is 505 g/mol. The Morgan fingerprint density at radius 1 is 0.811 bits per heavy atom. The van der Waals surface area contributed by atoms with Crippen LogP contribution >= 0.6 is 0 Å². The van der Waals surface area contributed by atoms with Crippen LogP contribution in [0.1, 0.15) is 70.6 Å². The summed E-state index contributed by atoms with van der Waals surface area (Å²) in [5.74, 6) is 4.26. The van der Waals surface area contributed by atoms with Crippen LogP contribution < -0.4 is 4.43 Å². The van der Waals surface area contributed by atoms with Crippen molar-refractivity contribution in [2.45, 2.75) is 137 Å². The first-order valence-corrected chi connectivity index (χ1v) is 25.5. The van der Waals surface area contributed by atoms with Gasteiger partial charge in [0, 0.05) is 11.3 Å². The summed E-state index contributed by atoms with van der Waals surface area (Å²) in [7, 11) is -4.96. The van der Waals surface area contributed by atoms with Gasteiger partial charge in [-0.05, 0) is 152 Å². The normalized spacial score (nSPS) is 40.0. The molecule has 210 valence electrons. The molecule has 1 aromatic rings. The average molecular weight is 561 g/mol. The summed E-state index contributed by atoms with van der Waals surface area (Å²) in [4.78, 5) is 0. The Kier molecular flexibility index (Phi) is 6.52. The molecule has 7 unspecified atom stereocenters. The Labute approximate surface area is 231 Å². The van der Waals surface area contributed by atoms with Crippen LogP contribution in [0.4, 0.5) is 0 Å². The van der Waals surface area contributed by atoms with E-state index in [9.17, 15) is 0 Å². The Morgan fingerprint density at radius 2 is 1.46 bits per heavy atom. The molecule has 7 atom stereocenters. The second-order valence-corrected chi connectivity index (χ2v) is 30.6. The third-order valence-corrected chi connectivity index (χ3v) is 14.7. The number of fused-ring (bicyclic) bond motifs is 6. The summed E-state index contributed by atoms with van der Waals surface area (Å²) in [6.45, 7) is 29.1. The first-order chi connectivity index (χ1) is 16.8. The van der Waals surface area contributed by atoms with Crippen LogP contribution in [0.2, 0.25) is 58.9 Å². The predicted octanol–water partition coefficient (Wildman–Crippen LogP) is 8.35. The molecule has 0 aliphatic heterocycles. The van der Waals surface area contributed by atoms with Crippen molar-refractivity contribution in [3.63, 3.8) is 0 Å². The molecule has 1 aromatic heterocycles. The van der Waals surface area contributed by atoms with Gasteiger partial charge in [-0.15, -0.1) is 5.10 Å². The van der Waals surface area contributed by atoms with Crippen molar-refractivity contribution in [3.8, 4) is 5.88 Å². The molecular formula is C30H56N2O2Si3. The standard InChI is InChI=1S/C30H56N2O2Si3/c1-28-20-23-26(32(35(4,5)6)31-27(23)33-36(7,8)9)19-21(28)13-14-22-24(28)15-17-29(2)25(22)16-18-30(29,3)34-37(10,11)12/h21-22,24-25H,13-20H2,1-12H3.